The van der Waals surface area contributed by atoms with E-state index in [0.29, 0.717) is 12.8 Å². The molecule has 6 heteroatoms. The van der Waals surface area contributed by atoms with Crippen LogP contribution in [0.5, 0.6) is 0 Å². The van der Waals surface area contributed by atoms with Gasteiger partial charge in [-0.15, -0.1) is 0 Å². The fraction of sp³-hybridized carbons (Fsp3) is 0.571. The van der Waals surface area contributed by atoms with E-state index in [0.717, 1.165) is 25.3 Å². The summed E-state index contributed by atoms with van der Waals surface area (Å²) in [6.07, 6.45) is 3.48. The highest BCUT2D eigenvalue weighted by Gasteiger charge is 2.44. The van der Waals surface area contributed by atoms with Gasteiger partial charge in [0.1, 0.15) is 11.4 Å². The number of halogens is 1. The second kappa shape index (κ2) is 7.30. The fourth-order valence-corrected chi connectivity index (χ4v) is 4.24. The van der Waals surface area contributed by atoms with Crippen molar-refractivity contribution in [2.75, 3.05) is 0 Å². The van der Waals surface area contributed by atoms with Crippen molar-refractivity contribution in [2.24, 2.45) is 5.92 Å². The third-order valence-electron chi connectivity index (χ3n) is 5.26. The predicted molar refractivity (Wildman–Crippen MR) is 97.7 cm³/mol. The van der Waals surface area contributed by atoms with Gasteiger partial charge in [0.15, 0.2) is 5.78 Å². The first kappa shape index (κ1) is 19.3. The van der Waals surface area contributed by atoms with E-state index in [9.17, 15) is 14.0 Å². The normalized spacial score (nSPS) is 24.9. The molecule has 0 saturated carbocycles. The number of amides is 1. The zero-order valence-corrected chi connectivity index (χ0v) is 16.0. The highest BCUT2D eigenvalue weighted by molar-refractivity contribution is 5.98. The third-order valence-corrected chi connectivity index (χ3v) is 5.26. The molecule has 2 saturated heterocycles. The van der Waals surface area contributed by atoms with Gasteiger partial charge in [0.2, 0.25) is 0 Å². The molecule has 0 aliphatic carbocycles. The molecule has 2 aliphatic heterocycles. The number of nitrogens with zero attached hydrogens (tertiary/aromatic N) is 2. The highest BCUT2D eigenvalue weighted by Crippen LogP contribution is 2.39. The van der Waals surface area contributed by atoms with Crippen LogP contribution < -0.4 is 0 Å². The monoisotopic (exact) mass is 372 g/mol. The molecule has 2 aliphatic rings. The molecule has 3 rings (SSSR count). The number of ketones is 1. The number of Topliss-reactive ketones (excluding diaryl/α,β-unsaturated/α-hetero) is 1. The lowest BCUT2D eigenvalue weighted by Crippen LogP contribution is -2.56. The van der Waals surface area contributed by atoms with E-state index < -0.39 is 11.4 Å². The molecule has 0 radical (unpaired) electrons. The maximum Gasteiger partial charge on any atom is 0.410 e. The lowest BCUT2D eigenvalue weighted by Gasteiger charge is -2.48. The van der Waals surface area contributed by atoms with Gasteiger partial charge in [0.25, 0.3) is 0 Å². The van der Waals surface area contributed by atoms with Gasteiger partial charge in [-0.3, -0.25) is 4.79 Å². The number of piperidine rings is 2. The Morgan fingerprint density at radius 2 is 1.81 bits per heavy atom. The quantitative estimate of drug-likeness (QED) is 0.719. The van der Waals surface area contributed by atoms with Crippen LogP contribution >= 0.6 is 0 Å². The van der Waals surface area contributed by atoms with Crippen molar-refractivity contribution in [1.29, 1.82) is 5.26 Å². The van der Waals surface area contributed by atoms with E-state index in [1.165, 1.54) is 12.1 Å². The Kier molecular flexibility index (Phi) is 5.23. The summed E-state index contributed by atoms with van der Waals surface area (Å²) in [5.74, 6) is -0.997. The smallest absolute Gasteiger partial charge is 0.410 e. The summed E-state index contributed by atoms with van der Waals surface area (Å²) in [5.41, 5.74) is -0.182. The molecule has 144 valence electrons. The fourth-order valence-electron chi connectivity index (χ4n) is 4.24. The minimum atomic E-state index is -0.580. The summed E-state index contributed by atoms with van der Waals surface area (Å²) < 4.78 is 19.3. The number of hydrogen-bond donors (Lipinski definition) is 0. The lowest BCUT2D eigenvalue weighted by molar-refractivity contribution is -0.0260. The number of nitriles is 1. The van der Waals surface area contributed by atoms with Gasteiger partial charge in [-0.1, -0.05) is 0 Å². The summed E-state index contributed by atoms with van der Waals surface area (Å²) in [6.45, 7) is 5.52. The largest absolute Gasteiger partial charge is 0.444 e. The van der Waals surface area contributed by atoms with Crippen LogP contribution in [0, 0.1) is 23.1 Å². The molecule has 5 nitrogen and oxygen atoms in total. The highest BCUT2D eigenvalue weighted by atomic mass is 19.1. The summed E-state index contributed by atoms with van der Waals surface area (Å²) in [7, 11) is 0. The first-order valence-electron chi connectivity index (χ1n) is 9.44. The van der Waals surface area contributed by atoms with Crippen molar-refractivity contribution in [1.82, 2.24) is 4.90 Å². The lowest BCUT2D eigenvalue weighted by atomic mass is 9.75. The van der Waals surface area contributed by atoms with Crippen molar-refractivity contribution in [3.05, 3.63) is 35.1 Å². The number of hydrogen-bond acceptors (Lipinski definition) is 4. The summed E-state index contributed by atoms with van der Waals surface area (Å²) in [4.78, 5) is 27.4. The number of ether oxygens (including phenoxy) is 1. The minimum absolute atomic E-state index is 0.0368. The van der Waals surface area contributed by atoms with Gasteiger partial charge in [0, 0.05) is 23.6 Å². The first-order chi connectivity index (χ1) is 12.7. The number of carbonyl (C=O) groups is 2. The molecule has 2 heterocycles. The average molecular weight is 372 g/mol. The van der Waals surface area contributed by atoms with E-state index in [2.05, 4.69) is 0 Å². The van der Waals surface area contributed by atoms with Crippen molar-refractivity contribution in [2.45, 2.75) is 70.6 Å². The molecule has 1 amide bonds. The van der Waals surface area contributed by atoms with Crippen molar-refractivity contribution >= 4 is 11.9 Å². The van der Waals surface area contributed by atoms with Gasteiger partial charge >= 0.3 is 6.09 Å². The van der Waals surface area contributed by atoms with E-state index in [1.54, 1.807) is 0 Å². The Balaban J connectivity index is 1.78. The molecule has 0 spiro atoms. The molecule has 27 heavy (non-hydrogen) atoms. The van der Waals surface area contributed by atoms with Crippen LogP contribution in [-0.2, 0) is 4.74 Å². The van der Waals surface area contributed by atoms with Gasteiger partial charge in [-0.25, -0.2) is 9.18 Å². The predicted octanol–water partition coefficient (Wildman–Crippen LogP) is 4.45. The number of fused-ring (bicyclic) bond motifs is 2. The third kappa shape index (κ3) is 4.29. The van der Waals surface area contributed by atoms with Crippen LogP contribution in [0.3, 0.4) is 0 Å². The van der Waals surface area contributed by atoms with Gasteiger partial charge in [-0.2, -0.15) is 5.26 Å². The molecule has 1 aromatic rings. The molecule has 2 fully saturated rings. The Hall–Kier alpha value is -2.42. The van der Waals surface area contributed by atoms with Crippen LogP contribution in [0.1, 0.15) is 68.8 Å². The summed E-state index contributed by atoms with van der Waals surface area (Å²) >= 11 is 0. The molecular weight excluding hydrogens is 347 g/mol. The topological polar surface area (TPSA) is 70.4 Å². The second-order valence-corrected chi connectivity index (χ2v) is 8.50. The minimum Gasteiger partial charge on any atom is -0.444 e. The molecule has 0 aromatic heterocycles. The number of rotatable bonds is 2. The summed E-state index contributed by atoms with van der Waals surface area (Å²) in [6, 6.07) is 5.58. The zero-order valence-electron chi connectivity index (χ0n) is 16.0. The van der Waals surface area contributed by atoms with E-state index >= 15 is 0 Å². The van der Waals surface area contributed by atoms with Crippen LogP contribution in [0.2, 0.25) is 0 Å². The van der Waals surface area contributed by atoms with Crippen LogP contribution in [0.15, 0.2) is 18.2 Å². The maximum atomic E-state index is 13.7. The van der Waals surface area contributed by atoms with Gasteiger partial charge < -0.3 is 9.64 Å². The maximum absolute atomic E-state index is 13.7. The van der Waals surface area contributed by atoms with E-state index in [1.807, 2.05) is 31.7 Å². The first-order valence-corrected chi connectivity index (χ1v) is 9.44. The molecule has 2 atom stereocenters. The Bertz CT molecular complexity index is 780. The summed E-state index contributed by atoms with van der Waals surface area (Å²) in [5, 5.41) is 9.01. The molecule has 1 aromatic carbocycles. The Labute approximate surface area is 159 Å². The molecule has 0 N–H and O–H groups in total. The van der Waals surface area contributed by atoms with Gasteiger partial charge in [0.05, 0.1) is 11.6 Å². The number of carbonyl (C=O) groups excluding carboxylic acids is 2. The Morgan fingerprint density at radius 3 is 2.37 bits per heavy atom. The van der Waals surface area contributed by atoms with Crippen LogP contribution in [-0.4, -0.2) is 34.5 Å². The zero-order chi connectivity index (χ0) is 19.8. The number of benzene rings is 1. The van der Waals surface area contributed by atoms with E-state index in [-0.39, 0.29) is 41.0 Å². The SMILES string of the molecule is CC(C)(C)OC(=O)N1C2CCCC1CC(C(=O)c1cc(F)cc(C#N)c1)C2. The Morgan fingerprint density at radius 1 is 1.19 bits per heavy atom. The standard InChI is InChI=1S/C21H25FN2O3/c1-21(2,3)27-20(26)24-17-5-4-6-18(24)11-15(10-17)19(25)14-7-13(12-23)8-16(22)9-14/h7-9,15,17-18H,4-6,10-11H2,1-3H3. The van der Waals surface area contributed by atoms with E-state index in [4.69, 9.17) is 10.00 Å². The van der Waals surface area contributed by atoms with Crippen LogP contribution in [0.25, 0.3) is 0 Å². The molecular formula is C21H25FN2O3. The van der Waals surface area contributed by atoms with Gasteiger partial charge in [-0.05, 0) is 71.1 Å². The molecule has 2 bridgehead atoms. The van der Waals surface area contributed by atoms with Crippen LogP contribution in [0.4, 0.5) is 9.18 Å². The van der Waals surface area contributed by atoms with Crippen molar-refractivity contribution < 1.29 is 18.7 Å². The average Bonchev–Trinajstić information content (AvgIpc) is 2.57. The van der Waals surface area contributed by atoms with Crippen molar-refractivity contribution in [3.63, 3.8) is 0 Å². The molecule has 2 unspecified atom stereocenters. The second-order valence-electron chi connectivity index (χ2n) is 8.50. The van der Waals surface area contributed by atoms with Crippen molar-refractivity contribution in [3.8, 4) is 6.07 Å².